The number of hydrogen-bond acceptors (Lipinski definition) is 4. The van der Waals surface area contributed by atoms with Crippen molar-refractivity contribution in [3.63, 3.8) is 0 Å². The highest BCUT2D eigenvalue weighted by Crippen LogP contribution is 2.41. The summed E-state index contributed by atoms with van der Waals surface area (Å²) in [5.74, 6) is 0. The first-order valence-corrected chi connectivity index (χ1v) is 11.0. The molecule has 0 aromatic heterocycles. The zero-order valence-electron chi connectivity index (χ0n) is 17.8. The molecule has 0 aliphatic rings. The molecule has 2 atom stereocenters. The van der Waals surface area contributed by atoms with Crippen LogP contribution in [0.1, 0.15) is 69.4 Å². The van der Waals surface area contributed by atoms with Crippen molar-refractivity contribution >= 4 is 0 Å². The summed E-state index contributed by atoms with van der Waals surface area (Å²) in [5, 5.41) is 19.9. The molecule has 0 spiro atoms. The van der Waals surface area contributed by atoms with Gasteiger partial charge in [0.25, 0.3) is 0 Å². The standard InChI is InChI=1S/C25H38N2O2/c1-2-3-4-5-6-13-18-24(26,19-23(29)20-28)25(27,21-14-9-7-10-15-21)22-16-11-8-12-17-22/h7-12,14-17,23,28-29H,2-6,13,18-20,26-27H2,1H3. The maximum atomic E-state index is 10.3. The summed E-state index contributed by atoms with van der Waals surface area (Å²) in [5.41, 5.74) is 14.2. The summed E-state index contributed by atoms with van der Waals surface area (Å²) in [6, 6.07) is 19.8. The Morgan fingerprint density at radius 1 is 0.793 bits per heavy atom. The molecule has 0 amide bonds. The van der Waals surface area contributed by atoms with Gasteiger partial charge in [0.1, 0.15) is 0 Å². The molecule has 160 valence electrons. The average Bonchev–Trinajstić information content (AvgIpc) is 2.76. The van der Waals surface area contributed by atoms with Crippen LogP contribution in [0.4, 0.5) is 0 Å². The Morgan fingerprint density at radius 3 is 1.76 bits per heavy atom. The van der Waals surface area contributed by atoms with Gasteiger partial charge < -0.3 is 21.7 Å². The van der Waals surface area contributed by atoms with Crippen LogP contribution < -0.4 is 11.5 Å². The predicted octanol–water partition coefficient (Wildman–Crippen LogP) is 4.08. The van der Waals surface area contributed by atoms with E-state index in [0.29, 0.717) is 6.42 Å². The van der Waals surface area contributed by atoms with Crippen molar-refractivity contribution in [3.8, 4) is 0 Å². The van der Waals surface area contributed by atoms with Gasteiger partial charge in [-0.15, -0.1) is 0 Å². The molecule has 0 saturated heterocycles. The van der Waals surface area contributed by atoms with Gasteiger partial charge in [-0.2, -0.15) is 0 Å². The van der Waals surface area contributed by atoms with Crippen molar-refractivity contribution in [2.75, 3.05) is 6.61 Å². The minimum atomic E-state index is -0.977. The lowest BCUT2D eigenvalue weighted by molar-refractivity contribution is 0.0498. The van der Waals surface area contributed by atoms with Crippen LogP contribution in [0.2, 0.25) is 0 Å². The normalized spacial score (nSPS) is 15.1. The van der Waals surface area contributed by atoms with Gasteiger partial charge in [0.05, 0.1) is 18.2 Å². The number of hydrogen-bond donors (Lipinski definition) is 4. The number of aliphatic hydroxyl groups is 2. The third kappa shape index (κ3) is 5.89. The molecule has 0 heterocycles. The van der Waals surface area contributed by atoms with Crippen LogP contribution in [-0.2, 0) is 5.54 Å². The zero-order chi connectivity index (χ0) is 21.2. The monoisotopic (exact) mass is 398 g/mol. The quantitative estimate of drug-likeness (QED) is 0.383. The van der Waals surface area contributed by atoms with E-state index < -0.39 is 17.2 Å². The number of aliphatic hydroxyl groups excluding tert-OH is 2. The zero-order valence-corrected chi connectivity index (χ0v) is 17.8. The summed E-state index contributed by atoms with van der Waals surface area (Å²) in [6.07, 6.45) is 6.93. The number of rotatable bonds is 13. The second-order valence-corrected chi connectivity index (χ2v) is 8.25. The minimum absolute atomic E-state index is 0.235. The molecule has 4 nitrogen and oxygen atoms in total. The van der Waals surface area contributed by atoms with E-state index in [1.807, 2.05) is 60.7 Å². The first-order chi connectivity index (χ1) is 14.0. The van der Waals surface area contributed by atoms with E-state index >= 15 is 0 Å². The molecule has 0 bridgehead atoms. The first kappa shape index (κ1) is 23.6. The third-order valence-corrected chi connectivity index (χ3v) is 6.03. The van der Waals surface area contributed by atoms with E-state index in [1.165, 1.54) is 25.7 Å². The molecule has 0 aliphatic heterocycles. The summed E-state index contributed by atoms with van der Waals surface area (Å²) in [4.78, 5) is 0. The Labute approximate surface area is 176 Å². The second-order valence-electron chi connectivity index (χ2n) is 8.25. The van der Waals surface area contributed by atoms with Gasteiger partial charge in [0.2, 0.25) is 0 Å². The van der Waals surface area contributed by atoms with Crippen molar-refractivity contribution < 1.29 is 10.2 Å². The molecule has 0 saturated carbocycles. The SMILES string of the molecule is CCCCCCCCC(N)(CC(O)CO)C(N)(c1ccccc1)c1ccccc1. The highest BCUT2D eigenvalue weighted by atomic mass is 16.3. The van der Waals surface area contributed by atoms with Gasteiger partial charge in [-0.3, -0.25) is 0 Å². The summed E-state index contributed by atoms with van der Waals surface area (Å²) in [7, 11) is 0. The molecule has 4 heteroatoms. The second kappa shape index (κ2) is 11.5. The molecule has 2 rings (SSSR count). The van der Waals surface area contributed by atoms with E-state index in [4.69, 9.17) is 11.5 Å². The number of unbranched alkanes of at least 4 members (excludes halogenated alkanes) is 5. The van der Waals surface area contributed by atoms with Gasteiger partial charge in [0.15, 0.2) is 0 Å². The summed E-state index contributed by atoms with van der Waals surface area (Å²) >= 11 is 0. The Balaban J connectivity index is 2.38. The third-order valence-electron chi connectivity index (χ3n) is 6.03. The largest absolute Gasteiger partial charge is 0.394 e. The predicted molar refractivity (Wildman–Crippen MR) is 120 cm³/mol. The molecular formula is C25H38N2O2. The molecule has 6 N–H and O–H groups in total. The van der Waals surface area contributed by atoms with Crippen LogP contribution in [0.25, 0.3) is 0 Å². The fourth-order valence-corrected chi connectivity index (χ4v) is 4.31. The fourth-order valence-electron chi connectivity index (χ4n) is 4.31. The van der Waals surface area contributed by atoms with E-state index in [-0.39, 0.29) is 13.0 Å². The van der Waals surface area contributed by atoms with Crippen LogP contribution in [0.3, 0.4) is 0 Å². The number of nitrogens with two attached hydrogens (primary N) is 2. The van der Waals surface area contributed by atoms with Crippen LogP contribution >= 0.6 is 0 Å². The van der Waals surface area contributed by atoms with Crippen LogP contribution in [0, 0.1) is 0 Å². The van der Waals surface area contributed by atoms with Gasteiger partial charge in [-0.05, 0) is 24.0 Å². The first-order valence-electron chi connectivity index (χ1n) is 11.0. The number of benzene rings is 2. The molecule has 2 aromatic rings. The van der Waals surface area contributed by atoms with Crippen molar-refractivity contribution in [1.29, 1.82) is 0 Å². The van der Waals surface area contributed by atoms with E-state index in [2.05, 4.69) is 6.92 Å². The molecule has 0 fully saturated rings. The Kier molecular flexibility index (Phi) is 9.31. The smallest absolute Gasteiger partial charge is 0.0849 e. The van der Waals surface area contributed by atoms with E-state index in [9.17, 15) is 10.2 Å². The highest BCUT2D eigenvalue weighted by Gasteiger charge is 2.48. The topological polar surface area (TPSA) is 92.5 Å². The lowest BCUT2D eigenvalue weighted by Crippen LogP contribution is -2.65. The van der Waals surface area contributed by atoms with Crippen molar-refractivity contribution in [1.82, 2.24) is 0 Å². The lowest BCUT2D eigenvalue weighted by atomic mass is 9.64. The van der Waals surface area contributed by atoms with Gasteiger partial charge in [-0.1, -0.05) is 106 Å². The summed E-state index contributed by atoms with van der Waals surface area (Å²) < 4.78 is 0. The average molecular weight is 399 g/mol. The Morgan fingerprint density at radius 2 is 1.28 bits per heavy atom. The lowest BCUT2D eigenvalue weighted by Gasteiger charge is -2.48. The maximum absolute atomic E-state index is 10.3. The van der Waals surface area contributed by atoms with Crippen molar-refractivity contribution in [2.45, 2.75) is 75.5 Å². The molecule has 2 aromatic carbocycles. The highest BCUT2D eigenvalue weighted by molar-refractivity contribution is 5.42. The van der Waals surface area contributed by atoms with Crippen molar-refractivity contribution in [2.24, 2.45) is 11.5 Å². The van der Waals surface area contributed by atoms with Gasteiger partial charge in [0, 0.05) is 5.54 Å². The van der Waals surface area contributed by atoms with E-state index in [1.54, 1.807) is 0 Å². The molecule has 0 radical (unpaired) electrons. The van der Waals surface area contributed by atoms with Crippen LogP contribution in [0.5, 0.6) is 0 Å². The Bertz CT molecular complexity index is 653. The summed E-state index contributed by atoms with van der Waals surface area (Å²) in [6.45, 7) is 1.89. The molecule has 2 unspecified atom stereocenters. The molecule has 29 heavy (non-hydrogen) atoms. The van der Waals surface area contributed by atoms with Crippen LogP contribution in [0.15, 0.2) is 60.7 Å². The molecular weight excluding hydrogens is 360 g/mol. The molecule has 0 aliphatic carbocycles. The van der Waals surface area contributed by atoms with Gasteiger partial charge >= 0.3 is 0 Å². The fraction of sp³-hybridized carbons (Fsp3) is 0.520. The Hall–Kier alpha value is -1.72. The maximum Gasteiger partial charge on any atom is 0.0849 e. The van der Waals surface area contributed by atoms with Gasteiger partial charge in [-0.25, -0.2) is 0 Å². The van der Waals surface area contributed by atoms with Crippen molar-refractivity contribution in [3.05, 3.63) is 71.8 Å². The van der Waals surface area contributed by atoms with E-state index in [0.717, 1.165) is 24.0 Å². The minimum Gasteiger partial charge on any atom is -0.394 e. The van der Waals surface area contributed by atoms with Crippen LogP contribution in [-0.4, -0.2) is 28.5 Å².